The van der Waals surface area contributed by atoms with Gasteiger partial charge in [-0.15, -0.1) is 0 Å². The summed E-state index contributed by atoms with van der Waals surface area (Å²) in [4.78, 5) is 41.7. The van der Waals surface area contributed by atoms with Crippen LogP contribution in [0.3, 0.4) is 0 Å². The lowest BCUT2D eigenvalue weighted by atomic mass is 10.0. The molecule has 1 unspecified atom stereocenters. The highest BCUT2D eigenvalue weighted by atomic mass is 16.2. The topological polar surface area (TPSA) is 82.3 Å². The number of hydrogen-bond acceptors (Lipinski definition) is 3. The van der Waals surface area contributed by atoms with Crippen LogP contribution in [0.1, 0.15) is 30.9 Å². The van der Waals surface area contributed by atoms with E-state index in [-0.39, 0.29) is 23.8 Å². The Labute approximate surface area is 174 Å². The number of rotatable bonds is 5. The lowest BCUT2D eigenvalue weighted by molar-refractivity contribution is -0.122. The van der Waals surface area contributed by atoms with Crippen molar-refractivity contribution >= 4 is 34.1 Å². The lowest BCUT2D eigenvalue weighted by Crippen LogP contribution is -2.28. The summed E-state index contributed by atoms with van der Waals surface area (Å²) in [6.07, 6.45) is 1.96. The zero-order chi connectivity index (χ0) is 21.3. The number of aromatic nitrogens is 1. The van der Waals surface area contributed by atoms with Crippen LogP contribution in [-0.4, -0.2) is 23.3 Å². The smallest absolute Gasteiger partial charge is 0.248 e. The van der Waals surface area contributed by atoms with E-state index in [0.29, 0.717) is 17.7 Å². The molecule has 1 aromatic heterocycles. The number of fused-ring (bicyclic) bond motifs is 1. The number of anilines is 2. The summed E-state index contributed by atoms with van der Waals surface area (Å²) < 4.78 is 0. The van der Waals surface area contributed by atoms with E-state index < -0.39 is 5.92 Å². The van der Waals surface area contributed by atoms with Gasteiger partial charge >= 0.3 is 0 Å². The van der Waals surface area contributed by atoms with E-state index in [9.17, 15) is 14.4 Å². The summed E-state index contributed by atoms with van der Waals surface area (Å²) in [5.41, 5.74) is 4.10. The molecular formula is C24H25N3O3. The minimum atomic E-state index is -0.417. The Bertz CT molecular complexity index is 1160. The van der Waals surface area contributed by atoms with Gasteiger partial charge < -0.3 is 15.2 Å². The maximum atomic E-state index is 12.8. The average molecular weight is 403 g/mol. The minimum Gasteiger partial charge on any atom is -0.326 e. The van der Waals surface area contributed by atoms with E-state index in [1.807, 2.05) is 43.3 Å². The van der Waals surface area contributed by atoms with Gasteiger partial charge in [-0.25, -0.2) is 0 Å². The number of pyridine rings is 1. The monoisotopic (exact) mass is 403 g/mol. The van der Waals surface area contributed by atoms with Crippen LogP contribution < -0.4 is 15.8 Å². The molecule has 4 rings (SSSR count). The second-order valence-corrected chi connectivity index (χ2v) is 7.90. The van der Waals surface area contributed by atoms with E-state index >= 15 is 0 Å². The molecule has 0 radical (unpaired) electrons. The fourth-order valence-corrected chi connectivity index (χ4v) is 3.99. The first kappa shape index (κ1) is 19.9. The van der Waals surface area contributed by atoms with Gasteiger partial charge in [-0.3, -0.25) is 14.4 Å². The van der Waals surface area contributed by atoms with Crippen molar-refractivity contribution in [3.05, 3.63) is 70.0 Å². The molecule has 6 nitrogen and oxygen atoms in total. The molecule has 0 spiro atoms. The van der Waals surface area contributed by atoms with Crippen molar-refractivity contribution in [2.45, 2.75) is 33.1 Å². The van der Waals surface area contributed by atoms with Crippen molar-refractivity contribution in [3.63, 3.8) is 0 Å². The predicted octanol–water partition coefficient (Wildman–Crippen LogP) is 3.78. The summed E-state index contributed by atoms with van der Waals surface area (Å²) in [7, 11) is 0. The Morgan fingerprint density at radius 1 is 1.13 bits per heavy atom. The first-order chi connectivity index (χ1) is 14.4. The summed E-state index contributed by atoms with van der Waals surface area (Å²) in [6.45, 7) is 4.43. The Morgan fingerprint density at radius 3 is 2.63 bits per heavy atom. The second kappa shape index (κ2) is 8.14. The Balaban J connectivity index is 1.51. The van der Waals surface area contributed by atoms with Gasteiger partial charge in [-0.2, -0.15) is 0 Å². The van der Waals surface area contributed by atoms with Gasteiger partial charge in [-0.05, 0) is 43.2 Å². The van der Waals surface area contributed by atoms with E-state index in [0.717, 1.165) is 35.0 Å². The number of H-pyrrole nitrogens is 1. The molecule has 1 fully saturated rings. The molecule has 154 valence electrons. The fraction of sp³-hybridized carbons (Fsp3) is 0.292. The SMILES string of the molecule is CCCc1cc(=O)[nH]c2cc(NC(=O)C3CC(=O)N(c4ccc(C)cc4)C3)ccc12. The summed E-state index contributed by atoms with van der Waals surface area (Å²) in [5, 5.41) is 3.89. The molecule has 30 heavy (non-hydrogen) atoms. The summed E-state index contributed by atoms with van der Waals surface area (Å²) in [5.74, 6) is -0.657. The number of aromatic amines is 1. The van der Waals surface area contributed by atoms with E-state index in [1.165, 1.54) is 0 Å². The summed E-state index contributed by atoms with van der Waals surface area (Å²) in [6, 6.07) is 14.9. The van der Waals surface area contributed by atoms with Crippen LogP contribution >= 0.6 is 0 Å². The average Bonchev–Trinajstić information content (AvgIpc) is 3.10. The normalized spacial score (nSPS) is 16.3. The molecule has 2 aromatic carbocycles. The van der Waals surface area contributed by atoms with Crippen molar-refractivity contribution in [1.29, 1.82) is 0 Å². The van der Waals surface area contributed by atoms with Crippen molar-refractivity contribution in [2.75, 3.05) is 16.8 Å². The van der Waals surface area contributed by atoms with Gasteiger partial charge in [0.25, 0.3) is 0 Å². The van der Waals surface area contributed by atoms with E-state index in [4.69, 9.17) is 0 Å². The third kappa shape index (κ3) is 3.99. The second-order valence-electron chi connectivity index (χ2n) is 7.90. The summed E-state index contributed by atoms with van der Waals surface area (Å²) >= 11 is 0. The fourth-order valence-electron chi connectivity index (χ4n) is 3.99. The standard InChI is InChI=1S/C24H25N3O3/c1-3-4-16-11-22(28)26-21-13-18(7-10-20(16)21)25-24(30)17-12-23(29)27(14-17)19-8-5-15(2)6-9-19/h5-11,13,17H,3-4,12,14H2,1-2H3,(H,25,30)(H,26,28). The third-order valence-corrected chi connectivity index (χ3v) is 5.56. The Hall–Kier alpha value is -3.41. The number of hydrogen-bond donors (Lipinski definition) is 2. The number of nitrogens with one attached hydrogen (secondary N) is 2. The maximum absolute atomic E-state index is 12.8. The molecule has 0 aliphatic carbocycles. The molecule has 6 heteroatoms. The van der Waals surface area contributed by atoms with Crippen LogP contribution in [0.5, 0.6) is 0 Å². The van der Waals surface area contributed by atoms with Crippen molar-refractivity contribution in [3.8, 4) is 0 Å². The zero-order valence-electron chi connectivity index (χ0n) is 17.2. The molecule has 0 bridgehead atoms. The van der Waals surface area contributed by atoms with Crippen LogP contribution in [0, 0.1) is 12.8 Å². The van der Waals surface area contributed by atoms with Crippen LogP contribution in [-0.2, 0) is 16.0 Å². The molecule has 2 amide bonds. The van der Waals surface area contributed by atoms with Crippen LogP contribution in [0.4, 0.5) is 11.4 Å². The maximum Gasteiger partial charge on any atom is 0.248 e. The molecule has 2 N–H and O–H groups in total. The van der Waals surface area contributed by atoms with Gasteiger partial charge in [-0.1, -0.05) is 37.1 Å². The van der Waals surface area contributed by atoms with Crippen molar-refractivity contribution in [2.24, 2.45) is 5.92 Å². The molecule has 3 aromatic rings. The highest BCUT2D eigenvalue weighted by molar-refractivity contribution is 6.04. The number of aryl methyl sites for hydroxylation is 2. The highest BCUT2D eigenvalue weighted by Crippen LogP contribution is 2.27. The minimum absolute atomic E-state index is 0.0500. The van der Waals surface area contributed by atoms with Crippen molar-refractivity contribution < 1.29 is 9.59 Å². The molecule has 1 atom stereocenters. The van der Waals surface area contributed by atoms with Gasteiger partial charge in [0.15, 0.2) is 0 Å². The van der Waals surface area contributed by atoms with Gasteiger partial charge in [0.1, 0.15) is 0 Å². The molecule has 2 heterocycles. The van der Waals surface area contributed by atoms with E-state index in [2.05, 4.69) is 17.2 Å². The van der Waals surface area contributed by atoms with Gasteiger partial charge in [0.05, 0.1) is 11.4 Å². The molecule has 1 saturated heterocycles. The Kier molecular flexibility index (Phi) is 5.40. The third-order valence-electron chi connectivity index (χ3n) is 5.56. The molecule has 1 aliphatic rings. The van der Waals surface area contributed by atoms with Gasteiger partial charge in [0.2, 0.25) is 17.4 Å². The number of amides is 2. The van der Waals surface area contributed by atoms with Crippen LogP contribution in [0.2, 0.25) is 0 Å². The zero-order valence-corrected chi connectivity index (χ0v) is 17.2. The van der Waals surface area contributed by atoms with Crippen molar-refractivity contribution in [1.82, 2.24) is 4.98 Å². The quantitative estimate of drug-likeness (QED) is 0.680. The number of carbonyl (C=O) groups excluding carboxylic acids is 2. The first-order valence-electron chi connectivity index (χ1n) is 10.3. The molecular weight excluding hydrogens is 378 g/mol. The van der Waals surface area contributed by atoms with E-state index in [1.54, 1.807) is 17.0 Å². The van der Waals surface area contributed by atoms with Crippen LogP contribution in [0.25, 0.3) is 10.9 Å². The number of carbonyl (C=O) groups is 2. The van der Waals surface area contributed by atoms with Crippen LogP contribution in [0.15, 0.2) is 53.3 Å². The molecule has 1 aliphatic heterocycles. The largest absolute Gasteiger partial charge is 0.326 e. The highest BCUT2D eigenvalue weighted by Gasteiger charge is 2.35. The molecule has 0 saturated carbocycles. The number of nitrogens with zero attached hydrogens (tertiary/aromatic N) is 1. The predicted molar refractivity (Wildman–Crippen MR) is 119 cm³/mol. The Morgan fingerprint density at radius 2 is 1.90 bits per heavy atom. The first-order valence-corrected chi connectivity index (χ1v) is 10.3. The lowest BCUT2D eigenvalue weighted by Gasteiger charge is -2.17. The van der Waals surface area contributed by atoms with Gasteiger partial charge in [0, 0.05) is 35.8 Å². The number of benzene rings is 2.